The van der Waals surface area contributed by atoms with E-state index < -0.39 is 0 Å². The van der Waals surface area contributed by atoms with Crippen molar-refractivity contribution >= 4 is 5.82 Å². The summed E-state index contributed by atoms with van der Waals surface area (Å²) in [5.41, 5.74) is 1.13. The number of hydrogen-bond acceptors (Lipinski definition) is 4. The highest BCUT2D eigenvalue weighted by Gasteiger charge is 2.15. The molecule has 1 atom stereocenters. The molecule has 4 nitrogen and oxygen atoms in total. The molecular weight excluding hydrogens is 178 g/mol. The molecule has 0 bridgehead atoms. The van der Waals surface area contributed by atoms with Crippen LogP contribution in [0.3, 0.4) is 0 Å². The van der Waals surface area contributed by atoms with E-state index in [-0.39, 0.29) is 0 Å². The molecule has 1 saturated heterocycles. The highest BCUT2D eigenvalue weighted by Crippen LogP contribution is 2.13. The van der Waals surface area contributed by atoms with Gasteiger partial charge in [0.15, 0.2) is 0 Å². The van der Waals surface area contributed by atoms with Crippen molar-refractivity contribution < 1.29 is 4.74 Å². The molecular formula is C10H15N3O. The smallest absolute Gasteiger partial charge is 0.148 e. The summed E-state index contributed by atoms with van der Waals surface area (Å²) in [7, 11) is 0. The SMILES string of the molecule is Cc1cnnc(NCC2CCOC2)c1. The molecule has 0 radical (unpaired) electrons. The second-order valence-electron chi connectivity index (χ2n) is 3.73. The van der Waals surface area contributed by atoms with Gasteiger partial charge in [-0.15, -0.1) is 5.10 Å². The highest BCUT2D eigenvalue weighted by molar-refractivity contribution is 5.34. The fourth-order valence-corrected chi connectivity index (χ4v) is 1.54. The lowest BCUT2D eigenvalue weighted by Crippen LogP contribution is -2.15. The number of aryl methyl sites for hydroxylation is 1. The maximum atomic E-state index is 5.29. The molecule has 1 aromatic rings. The zero-order chi connectivity index (χ0) is 9.80. The van der Waals surface area contributed by atoms with Gasteiger partial charge in [0.2, 0.25) is 0 Å². The Bertz CT molecular complexity index is 297. The Morgan fingerprint density at radius 1 is 1.64 bits per heavy atom. The number of anilines is 1. The zero-order valence-corrected chi connectivity index (χ0v) is 8.36. The fraction of sp³-hybridized carbons (Fsp3) is 0.600. The molecule has 2 heterocycles. The average Bonchev–Trinajstić information content (AvgIpc) is 2.67. The Hall–Kier alpha value is -1.16. The van der Waals surface area contributed by atoms with Gasteiger partial charge in [-0.3, -0.25) is 0 Å². The van der Waals surface area contributed by atoms with Crippen molar-refractivity contribution in [2.45, 2.75) is 13.3 Å². The number of ether oxygens (including phenoxy) is 1. The van der Waals surface area contributed by atoms with Crippen molar-refractivity contribution in [1.82, 2.24) is 10.2 Å². The molecule has 14 heavy (non-hydrogen) atoms. The van der Waals surface area contributed by atoms with E-state index >= 15 is 0 Å². The van der Waals surface area contributed by atoms with Gasteiger partial charge in [0, 0.05) is 19.1 Å². The van der Waals surface area contributed by atoms with E-state index in [0.717, 1.165) is 37.6 Å². The lowest BCUT2D eigenvalue weighted by Gasteiger charge is -2.09. The van der Waals surface area contributed by atoms with Crippen LogP contribution in [0.1, 0.15) is 12.0 Å². The summed E-state index contributed by atoms with van der Waals surface area (Å²) in [4.78, 5) is 0. The van der Waals surface area contributed by atoms with Crippen LogP contribution in [0.15, 0.2) is 12.3 Å². The van der Waals surface area contributed by atoms with E-state index in [2.05, 4.69) is 15.5 Å². The van der Waals surface area contributed by atoms with Gasteiger partial charge in [-0.25, -0.2) is 0 Å². The maximum absolute atomic E-state index is 5.29. The third-order valence-electron chi connectivity index (χ3n) is 2.39. The van der Waals surface area contributed by atoms with Crippen LogP contribution in [-0.4, -0.2) is 30.0 Å². The summed E-state index contributed by atoms with van der Waals surface area (Å²) < 4.78 is 5.29. The predicted octanol–water partition coefficient (Wildman–Crippen LogP) is 1.23. The molecule has 0 spiro atoms. The second-order valence-corrected chi connectivity index (χ2v) is 3.73. The van der Waals surface area contributed by atoms with E-state index in [9.17, 15) is 0 Å². The van der Waals surface area contributed by atoms with Crippen LogP contribution in [0.5, 0.6) is 0 Å². The largest absolute Gasteiger partial charge is 0.381 e. The molecule has 0 aromatic carbocycles. The van der Waals surface area contributed by atoms with Gasteiger partial charge in [0.25, 0.3) is 0 Å². The van der Waals surface area contributed by atoms with E-state index in [4.69, 9.17) is 4.74 Å². The summed E-state index contributed by atoms with van der Waals surface area (Å²) in [6, 6.07) is 2.00. The van der Waals surface area contributed by atoms with Crippen LogP contribution in [0.25, 0.3) is 0 Å². The maximum Gasteiger partial charge on any atom is 0.148 e. The van der Waals surface area contributed by atoms with Gasteiger partial charge in [0.1, 0.15) is 5.82 Å². The summed E-state index contributed by atoms with van der Waals surface area (Å²) in [5.74, 6) is 1.48. The minimum Gasteiger partial charge on any atom is -0.381 e. The van der Waals surface area contributed by atoms with Crippen molar-refractivity contribution in [2.24, 2.45) is 5.92 Å². The molecule has 1 N–H and O–H groups in total. The number of hydrogen-bond donors (Lipinski definition) is 1. The summed E-state index contributed by atoms with van der Waals surface area (Å²) in [6.45, 7) is 4.70. The summed E-state index contributed by atoms with van der Waals surface area (Å²) in [6.07, 6.45) is 2.90. The highest BCUT2D eigenvalue weighted by atomic mass is 16.5. The molecule has 76 valence electrons. The molecule has 4 heteroatoms. The standard InChI is InChI=1S/C10H15N3O/c1-8-4-10(13-12-5-8)11-6-9-2-3-14-7-9/h4-5,9H,2-3,6-7H2,1H3,(H,11,13). The zero-order valence-electron chi connectivity index (χ0n) is 8.36. The summed E-state index contributed by atoms with van der Waals surface area (Å²) in [5, 5.41) is 11.2. The van der Waals surface area contributed by atoms with E-state index in [0.29, 0.717) is 5.92 Å². The van der Waals surface area contributed by atoms with Crippen LogP contribution in [0, 0.1) is 12.8 Å². The Morgan fingerprint density at radius 3 is 3.29 bits per heavy atom. The molecule has 1 aliphatic heterocycles. The second kappa shape index (κ2) is 4.37. The monoisotopic (exact) mass is 193 g/mol. The third-order valence-corrected chi connectivity index (χ3v) is 2.39. The van der Waals surface area contributed by atoms with Crippen molar-refractivity contribution in [3.63, 3.8) is 0 Å². The first-order valence-electron chi connectivity index (χ1n) is 4.95. The Balaban J connectivity index is 1.85. The van der Waals surface area contributed by atoms with Gasteiger partial charge >= 0.3 is 0 Å². The van der Waals surface area contributed by atoms with Crippen molar-refractivity contribution in [3.8, 4) is 0 Å². The number of nitrogens with one attached hydrogen (secondary N) is 1. The number of aromatic nitrogens is 2. The molecule has 2 rings (SSSR count). The van der Waals surface area contributed by atoms with Crippen LogP contribution >= 0.6 is 0 Å². The van der Waals surface area contributed by atoms with Gasteiger partial charge in [-0.2, -0.15) is 5.10 Å². The lowest BCUT2D eigenvalue weighted by molar-refractivity contribution is 0.187. The predicted molar refractivity (Wildman–Crippen MR) is 54.2 cm³/mol. The van der Waals surface area contributed by atoms with E-state index in [1.807, 2.05) is 13.0 Å². The Kier molecular flexibility index (Phi) is 2.93. The quantitative estimate of drug-likeness (QED) is 0.784. The van der Waals surface area contributed by atoms with Crippen molar-refractivity contribution in [1.29, 1.82) is 0 Å². The van der Waals surface area contributed by atoms with Crippen LogP contribution in [0.2, 0.25) is 0 Å². The molecule has 1 fully saturated rings. The van der Waals surface area contributed by atoms with Gasteiger partial charge in [-0.1, -0.05) is 0 Å². The van der Waals surface area contributed by atoms with Crippen LogP contribution < -0.4 is 5.32 Å². The molecule has 0 amide bonds. The molecule has 1 aliphatic rings. The van der Waals surface area contributed by atoms with E-state index in [1.165, 1.54) is 0 Å². The van der Waals surface area contributed by atoms with Crippen LogP contribution in [0.4, 0.5) is 5.82 Å². The summed E-state index contributed by atoms with van der Waals surface area (Å²) >= 11 is 0. The number of rotatable bonds is 3. The first-order valence-corrected chi connectivity index (χ1v) is 4.95. The first-order chi connectivity index (χ1) is 6.84. The minimum atomic E-state index is 0.623. The van der Waals surface area contributed by atoms with Gasteiger partial charge < -0.3 is 10.1 Å². The van der Waals surface area contributed by atoms with Gasteiger partial charge in [0.05, 0.1) is 12.8 Å². The normalized spacial score (nSPS) is 21.1. The first kappa shape index (κ1) is 9.40. The Morgan fingerprint density at radius 2 is 2.57 bits per heavy atom. The Labute approximate surface area is 83.7 Å². The third kappa shape index (κ3) is 2.42. The minimum absolute atomic E-state index is 0.623. The topological polar surface area (TPSA) is 47.0 Å². The van der Waals surface area contributed by atoms with Crippen molar-refractivity contribution in [3.05, 3.63) is 17.8 Å². The van der Waals surface area contributed by atoms with Crippen molar-refractivity contribution in [2.75, 3.05) is 25.1 Å². The van der Waals surface area contributed by atoms with Crippen LogP contribution in [-0.2, 0) is 4.74 Å². The van der Waals surface area contributed by atoms with Gasteiger partial charge in [-0.05, 0) is 25.0 Å². The van der Waals surface area contributed by atoms with E-state index in [1.54, 1.807) is 6.20 Å². The molecule has 1 unspecified atom stereocenters. The molecule has 0 saturated carbocycles. The lowest BCUT2D eigenvalue weighted by atomic mass is 10.1. The molecule has 1 aromatic heterocycles. The molecule has 0 aliphatic carbocycles. The average molecular weight is 193 g/mol. The fourth-order valence-electron chi connectivity index (χ4n) is 1.54. The number of nitrogens with zero attached hydrogens (tertiary/aromatic N) is 2.